The second-order valence-corrected chi connectivity index (χ2v) is 14.9. The van der Waals surface area contributed by atoms with Crippen LogP contribution in [-0.4, -0.2) is 134 Å². The normalized spacial score (nSPS) is 20.3. The van der Waals surface area contributed by atoms with Crippen molar-refractivity contribution in [1.82, 2.24) is 20.1 Å². The molecule has 0 spiro atoms. The number of ether oxygens (including phenoxy) is 1. The number of β-lactam (4-membered cyclic amide) rings is 1. The number of nitrogens with zero attached hydrogens (tertiary/aromatic N) is 5. The van der Waals surface area contributed by atoms with Gasteiger partial charge in [-0.15, -0.1) is 23.1 Å². The Labute approximate surface area is 305 Å². The van der Waals surface area contributed by atoms with Crippen LogP contribution in [0.5, 0.6) is 11.5 Å². The molecule has 2 aromatic rings. The number of fused-ring (bicyclic) bond motifs is 1. The molecule has 1 aromatic carbocycles. The Morgan fingerprint density at radius 2 is 1.96 bits per heavy atom. The molecule has 1 aromatic heterocycles. The molecule has 274 valence electrons. The van der Waals surface area contributed by atoms with Gasteiger partial charge in [-0.05, 0) is 12.1 Å². The van der Waals surface area contributed by atoms with Crippen LogP contribution >= 0.6 is 34.7 Å². The number of nitrogens with two attached hydrogens (primary N) is 1. The smallest absolute Gasteiger partial charge is 0.352 e. The van der Waals surface area contributed by atoms with E-state index in [0.717, 1.165) is 11.3 Å². The van der Waals surface area contributed by atoms with Crippen molar-refractivity contribution < 1.29 is 53.3 Å². The number of nitrogen functional groups attached to an aromatic ring is 1. The van der Waals surface area contributed by atoms with Crippen LogP contribution in [0.15, 0.2) is 33.9 Å². The van der Waals surface area contributed by atoms with Crippen LogP contribution in [0, 0.1) is 0 Å². The van der Waals surface area contributed by atoms with Crippen LogP contribution in [0.2, 0.25) is 5.02 Å². The average molecular weight is 767 g/mol. The minimum Gasteiger partial charge on any atom is -0.504 e. The topological polar surface area (TPSA) is 234 Å². The number of phenols is 2. The summed E-state index contributed by atoms with van der Waals surface area (Å²) in [6.07, 6.45) is 0.354. The maximum Gasteiger partial charge on any atom is 0.352 e. The number of likely N-dealkylation sites (tertiary alicyclic amines) is 1. The number of carboxylic acid groups (broad SMARTS) is 1. The third kappa shape index (κ3) is 7.70. The van der Waals surface area contributed by atoms with Gasteiger partial charge in [0.25, 0.3) is 30.5 Å². The van der Waals surface area contributed by atoms with Crippen LogP contribution in [-0.2, 0) is 28.8 Å². The summed E-state index contributed by atoms with van der Waals surface area (Å²) in [6.45, 7) is 2.96. The van der Waals surface area contributed by atoms with Crippen LogP contribution in [0.1, 0.15) is 42.2 Å². The van der Waals surface area contributed by atoms with E-state index < -0.39 is 47.0 Å². The number of thioether (sulfide) groups is 1. The quantitative estimate of drug-likeness (QED) is 0.0371. The number of benzene rings is 1. The van der Waals surface area contributed by atoms with Gasteiger partial charge in [-0.3, -0.25) is 24.1 Å². The monoisotopic (exact) mass is 766 g/mol. The molecule has 6 N–H and O–H groups in total. The van der Waals surface area contributed by atoms with Crippen LogP contribution < -0.4 is 11.1 Å². The van der Waals surface area contributed by atoms with Gasteiger partial charge in [-0.25, -0.2) is 9.78 Å². The van der Waals surface area contributed by atoms with Gasteiger partial charge in [-0.2, -0.15) is 0 Å². The fourth-order valence-electron chi connectivity index (χ4n) is 6.26. The Hall–Kier alpha value is -4.59. The number of anilines is 1. The van der Waals surface area contributed by atoms with Crippen molar-refractivity contribution in [1.29, 1.82) is 0 Å². The molecule has 3 aliphatic heterocycles. The molecule has 2 saturated heterocycles. The summed E-state index contributed by atoms with van der Waals surface area (Å²) in [5.74, 6) is -3.76. The van der Waals surface area contributed by atoms with E-state index in [0.29, 0.717) is 42.5 Å². The first-order valence-electron chi connectivity index (χ1n) is 15.8. The summed E-state index contributed by atoms with van der Waals surface area (Å²) >= 11 is 8.49. The molecule has 0 aliphatic carbocycles. The fourth-order valence-corrected chi connectivity index (χ4v) is 8.39. The zero-order valence-corrected chi connectivity index (χ0v) is 30.2. The second-order valence-electron chi connectivity index (χ2n) is 12.6. The van der Waals surface area contributed by atoms with Gasteiger partial charge in [0, 0.05) is 49.1 Å². The second kappa shape index (κ2) is 15.3. The first-order valence-corrected chi connectivity index (χ1v) is 18.1. The third-order valence-electron chi connectivity index (χ3n) is 8.98. The van der Waals surface area contributed by atoms with E-state index in [2.05, 4.69) is 15.5 Å². The molecule has 3 aliphatic rings. The van der Waals surface area contributed by atoms with Gasteiger partial charge in [0.15, 0.2) is 22.3 Å². The highest BCUT2D eigenvalue weighted by molar-refractivity contribution is 8.00. The first kappa shape index (κ1) is 37.7. The number of carbonyl (C=O) groups is 5. The number of aromatic nitrogens is 1. The molecule has 0 bridgehead atoms. The summed E-state index contributed by atoms with van der Waals surface area (Å²) in [5, 5.41) is 37.1. The summed E-state index contributed by atoms with van der Waals surface area (Å²) in [7, 11) is 3.94. The molecular formula is C31H37ClN7O10S2+. The first-order chi connectivity index (χ1) is 24.2. The van der Waals surface area contributed by atoms with Crippen molar-refractivity contribution in [2.45, 2.75) is 49.9 Å². The number of thiazole rings is 1. The fraction of sp³-hybridized carbons (Fsp3) is 0.452. The summed E-state index contributed by atoms with van der Waals surface area (Å²) in [6, 6.07) is 1.55. The number of aromatic hydroxyl groups is 2. The van der Waals surface area contributed by atoms with Crippen molar-refractivity contribution in [3.63, 3.8) is 0 Å². The van der Waals surface area contributed by atoms with E-state index in [-0.39, 0.29) is 63.4 Å². The molecule has 0 radical (unpaired) electrons. The van der Waals surface area contributed by atoms with Crippen molar-refractivity contribution in [2.75, 3.05) is 45.2 Å². The Kier molecular flexibility index (Phi) is 11.3. The van der Waals surface area contributed by atoms with Gasteiger partial charge in [-0.1, -0.05) is 23.7 Å². The summed E-state index contributed by atoms with van der Waals surface area (Å²) in [4.78, 5) is 75.5. The lowest BCUT2D eigenvalue weighted by Crippen LogP contribution is -2.71. The molecular weight excluding hydrogens is 730 g/mol. The molecule has 2 fully saturated rings. The number of halogens is 1. The molecule has 0 unspecified atom stereocenters. The van der Waals surface area contributed by atoms with Gasteiger partial charge in [0.2, 0.25) is 0 Å². The number of carbonyl (C=O) groups excluding carboxylic acids is 4. The number of aliphatic carboxylic acids is 1. The lowest BCUT2D eigenvalue weighted by atomic mass is 9.98. The molecule has 51 heavy (non-hydrogen) atoms. The summed E-state index contributed by atoms with van der Waals surface area (Å²) < 4.78 is 5.17. The van der Waals surface area contributed by atoms with E-state index in [9.17, 15) is 39.3 Å². The average Bonchev–Trinajstić information content (AvgIpc) is 3.53. The highest BCUT2D eigenvalue weighted by Gasteiger charge is 2.55. The van der Waals surface area contributed by atoms with E-state index >= 15 is 0 Å². The van der Waals surface area contributed by atoms with Crippen molar-refractivity contribution >= 4 is 75.7 Å². The van der Waals surface area contributed by atoms with Crippen LogP contribution in [0.4, 0.5) is 5.13 Å². The molecule has 4 heterocycles. The minimum absolute atomic E-state index is 0.0473. The summed E-state index contributed by atoms with van der Waals surface area (Å²) in [5.41, 5.74) is 6.02. The predicted molar refractivity (Wildman–Crippen MR) is 186 cm³/mol. The lowest BCUT2D eigenvalue weighted by Gasteiger charge is -2.50. The van der Waals surface area contributed by atoms with Crippen molar-refractivity contribution in [2.24, 2.45) is 5.16 Å². The number of quaternary nitrogens is 1. The Bertz CT molecular complexity index is 1790. The van der Waals surface area contributed by atoms with Gasteiger partial charge >= 0.3 is 5.97 Å². The molecule has 0 saturated carbocycles. The number of phenolic OH excluding ortho intramolecular Hbond substituents is 2. The maximum absolute atomic E-state index is 13.5. The molecule has 3 amide bonds. The number of oxime groups is 1. The maximum atomic E-state index is 13.5. The number of piperidine rings is 1. The van der Waals surface area contributed by atoms with E-state index in [4.69, 9.17) is 26.9 Å². The van der Waals surface area contributed by atoms with Crippen molar-refractivity contribution in [3.8, 4) is 11.5 Å². The highest BCUT2D eigenvalue weighted by Crippen LogP contribution is 2.42. The van der Waals surface area contributed by atoms with Gasteiger partial charge < -0.3 is 45.3 Å². The SMILES string of the molecule is CC[C@@H](OC=O)O/N=C(\C(=O)N[C@@H]1C(=O)N2C(C(=O)O)=C(C[N+](C)(C)C3CCN(C(=O)c4ccc(O)c(O)c4Cl)CC3)CS[C@H]12)c1csc(N)n1. The van der Waals surface area contributed by atoms with Crippen LogP contribution in [0.25, 0.3) is 0 Å². The number of carboxylic acids is 1. The minimum atomic E-state index is -1.27. The third-order valence-corrected chi connectivity index (χ3v) is 11.4. The highest BCUT2D eigenvalue weighted by atomic mass is 35.5. The lowest BCUT2D eigenvalue weighted by molar-refractivity contribution is -0.911. The predicted octanol–water partition coefficient (Wildman–Crippen LogP) is 1.54. The van der Waals surface area contributed by atoms with Crippen molar-refractivity contribution in [3.05, 3.63) is 45.1 Å². The number of amides is 3. The van der Waals surface area contributed by atoms with Gasteiger partial charge in [0.1, 0.15) is 29.4 Å². The Morgan fingerprint density at radius 3 is 2.57 bits per heavy atom. The Balaban J connectivity index is 1.26. The van der Waals surface area contributed by atoms with E-state index in [1.54, 1.807) is 11.8 Å². The largest absolute Gasteiger partial charge is 0.504 e. The molecule has 20 heteroatoms. The van der Waals surface area contributed by atoms with E-state index in [1.165, 1.54) is 34.2 Å². The molecule has 17 nitrogen and oxygen atoms in total. The zero-order valence-electron chi connectivity index (χ0n) is 27.8. The molecule has 5 rings (SSSR count). The number of rotatable bonds is 13. The van der Waals surface area contributed by atoms with Crippen LogP contribution in [0.3, 0.4) is 0 Å². The number of nitrogens with one attached hydrogen (secondary N) is 1. The Morgan fingerprint density at radius 1 is 1.25 bits per heavy atom. The standard InChI is InChI=1S/C31H36ClN7O10S2/c1-4-20(48-14-40)49-36-22(18-13-51-31(33)34-18)26(43)35-23-28(45)38-24(30(46)47)15(12-50-29(23)38)11-39(2,3)16-7-9-37(10-8-16)27(44)17-5-6-19(41)25(42)21(17)32/h5-6,13-14,16,20,23,29H,4,7-12H2,1-3H3,(H5-,33,34,35,36,41,42,43,44,46,47)/p+1/t20-,23+,29+/m0/s1. The van der Waals surface area contributed by atoms with E-state index in [1.807, 2.05) is 14.1 Å². The number of hydrogen-bond donors (Lipinski definition) is 5. The van der Waals surface area contributed by atoms with Gasteiger partial charge in [0.05, 0.1) is 30.7 Å². The molecule has 3 atom stereocenters. The zero-order chi connectivity index (χ0) is 37.2. The number of likely N-dealkylation sites (N-methyl/N-ethyl adjacent to an activating group) is 1. The number of hydrogen-bond acceptors (Lipinski definition) is 14.